The van der Waals surface area contributed by atoms with E-state index in [1.54, 1.807) is 36.5 Å². The lowest BCUT2D eigenvalue weighted by molar-refractivity contribution is 0.102. The SMILES string of the molecule is Nc1ccc(NC(=O)c2ccc(O)cc2)c2cccnc12. The van der Waals surface area contributed by atoms with E-state index >= 15 is 0 Å². The van der Waals surface area contributed by atoms with Gasteiger partial charge in [-0.05, 0) is 48.5 Å². The van der Waals surface area contributed by atoms with Gasteiger partial charge in [-0.15, -0.1) is 0 Å². The number of nitrogens with two attached hydrogens (primary N) is 1. The van der Waals surface area contributed by atoms with E-state index in [-0.39, 0.29) is 11.7 Å². The number of benzene rings is 2. The number of amides is 1. The molecule has 0 saturated carbocycles. The molecule has 1 heterocycles. The van der Waals surface area contributed by atoms with Crippen molar-refractivity contribution in [3.8, 4) is 5.75 Å². The second-order valence-electron chi connectivity index (χ2n) is 4.60. The van der Waals surface area contributed by atoms with E-state index in [4.69, 9.17) is 5.73 Å². The van der Waals surface area contributed by atoms with Crippen LogP contribution in [0.25, 0.3) is 10.9 Å². The van der Waals surface area contributed by atoms with Crippen LogP contribution in [0.3, 0.4) is 0 Å². The molecular weight excluding hydrogens is 266 g/mol. The van der Waals surface area contributed by atoms with Gasteiger partial charge < -0.3 is 16.2 Å². The van der Waals surface area contributed by atoms with Gasteiger partial charge in [-0.1, -0.05) is 0 Å². The van der Waals surface area contributed by atoms with Crippen molar-refractivity contribution in [2.45, 2.75) is 0 Å². The van der Waals surface area contributed by atoms with Crippen molar-refractivity contribution >= 4 is 28.2 Å². The smallest absolute Gasteiger partial charge is 0.255 e. The summed E-state index contributed by atoms with van der Waals surface area (Å²) in [5.41, 5.74) is 8.20. The van der Waals surface area contributed by atoms with Gasteiger partial charge in [0.2, 0.25) is 0 Å². The largest absolute Gasteiger partial charge is 0.508 e. The Morgan fingerprint density at radius 1 is 1.10 bits per heavy atom. The topological polar surface area (TPSA) is 88.2 Å². The zero-order valence-electron chi connectivity index (χ0n) is 11.1. The Morgan fingerprint density at radius 3 is 2.62 bits per heavy atom. The number of aromatic hydroxyl groups is 1. The van der Waals surface area contributed by atoms with E-state index in [0.29, 0.717) is 22.5 Å². The van der Waals surface area contributed by atoms with E-state index in [0.717, 1.165) is 5.39 Å². The number of pyridine rings is 1. The quantitative estimate of drug-likeness (QED) is 0.629. The zero-order valence-corrected chi connectivity index (χ0v) is 11.1. The predicted octanol–water partition coefficient (Wildman–Crippen LogP) is 2.77. The Bertz CT molecular complexity index is 813. The number of carbonyl (C=O) groups excluding carboxylic acids is 1. The van der Waals surface area contributed by atoms with Crippen LogP contribution in [0.5, 0.6) is 5.75 Å². The van der Waals surface area contributed by atoms with Gasteiger partial charge in [-0.2, -0.15) is 0 Å². The lowest BCUT2D eigenvalue weighted by Gasteiger charge is -2.10. The zero-order chi connectivity index (χ0) is 14.8. The number of aromatic nitrogens is 1. The number of hydrogen-bond donors (Lipinski definition) is 3. The third kappa shape index (κ3) is 2.49. The van der Waals surface area contributed by atoms with E-state index in [1.165, 1.54) is 12.1 Å². The van der Waals surface area contributed by atoms with Crippen LogP contribution in [0.4, 0.5) is 11.4 Å². The molecule has 21 heavy (non-hydrogen) atoms. The minimum absolute atomic E-state index is 0.119. The number of anilines is 2. The first-order valence-electron chi connectivity index (χ1n) is 6.39. The Labute approximate surface area is 121 Å². The molecule has 4 N–H and O–H groups in total. The standard InChI is InChI=1S/C16H13N3O2/c17-13-7-8-14(12-2-1-9-18-15(12)13)19-16(21)10-3-5-11(20)6-4-10/h1-9,20H,17H2,(H,19,21). The number of nitrogen functional groups attached to an aromatic ring is 1. The summed E-state index contributed by atoms with van der Waals surface area (Å²) in [5, 5.41) is 12.9. The molecule has 1 aromatic heterocycles. The summed E-state index contributed by atoms with van der Waals surface area (Å²) >= 11 is 0. The van der Waals surface area contributed by atoms with Crippen molar-refractivity contribution in [2.75, 3.05) is 11.1 Å². The molecule has 3 aromatic rings. The lowest BCUT2D eigenvalue weighted by atomic mass is 10.1. The summed E-state index contributed by atoms with van der Waals surface area (Å²) in [6.45, 7) is 0. The van der Waals surface area contributed by atoms with Crippen LogP contribution in [0.1, 0.15) is 10.4 Å². The molecule has 0 spiro atoms. The Kier molecular flexibility index (Phi) is 3.16. The summed E-state index contributed by atoms with van der Waals surface area (Å²) in [7, 11) is 0. The molecule has 0 atom stereocenters. The van der Waals surface area contributed by atoms with Crippen LogP contribution >= 0.6 is 0 Å². The number of nitrogens with zero attached hydrogens (tertiary/aromatic N) is 1. The first-order valence-corrected chi connectivity index (χ1v) is 6.39. The van der Waals surface area contributed by atoms with Gasteiger partial charge in [0.1, 0.15) is 5.75 Å². The Hall–Kier alpha value is -3.08. The fourth-order valence-corrected chi connectivity index (χ4v) is 2.11. The fraction of sp³-hybridized carbons (Fsp3) is 0. The van der Waals surface area contributed by atoms with E-state index in [9.17, 15) is 9.90 Å². The van der Waals surface area contributed by atoms with Gasteiger partial charge in [0, 0.05) is 17.1 Å². The monoisotopic (exact) mass is 279 g/mol. The Balaban J connectivity index is 1.97. The van der Waals surface area contributed by atoms with Crippen LogP contribution in [-0.2, 0) is 0 Å². The third-order valence-corrected chi connectivity index (χ3v) is 3.18. The fourth-order valence-electron chi connectivity index (χ4n) is 2.11. The first kappa shape index (κ1) is 12.9. The molecule has 0 saturated heterocycles. The van der Waals surface area contributed by atoms with E-state index in [1.807, 2.05) is 6.07 Å². The van der Waals surface area contributed by atoms with Crippen molar-refractivity contribution in [3.63, 3.8) is 0 Å². The molecule has 0 fully saturated rings. The van der Waals surface area contributed by atoms with Gasteiger partial charge in [-0.3, -0.25) is 9.78 Å². The summed E-state index contributed by atoms with van der Waals surface area (Å²) in [4.78, 5) is 16.4. The maximum atomic E-state index is 12.2. The van der Waals surface area contributed by atoms with Crippen molar-refractivity contribution < 1.29 is 9.90 Å². The first-order chi connectivity index (χ1) is 10.1. The number of hydrogen-bond acceptors (Lipinski definition) is 4. The number of fused-ring (bicyclic) bond motifs is 1. The maximum absolute atomic E-state index is 12.2. The van der Waals surface area contributed by atoms with Gasteiger partial charge in [0.15, 0.2) is 0 Å². The average molecular weight is 279 g/mol. The average Bonchev–Trinajstić information content (AvgIpc) is 2.51. The normalized spacial score (nSPS) is 10.5. The van der Waals surface area contributed by atoms with Gasteiger partial charge in [-0.25, -0.2) is 0 Å². The van der Waals surface area contributed by atoms with Gasteiger partial charge in [0.25, 0.3) is 5.91 Å². The number of phenols is 1. The molecule has 5 heteroatoms. The highest BCUT2D eigenvalue weighted by Crippen LogP contribution is 2.26. The minimum atomic E-state index is -0.259. The van der Waals surface area contributed by atoms with Crippen molar-refractivity contribution in [2.24, 2.45) is 0 Å². The molecule has 3 rings (SSSR count). The number of nitrogens with one attached hydrogen (secondary N) is 1. The Morgan fingerprint density at radius 2 is 1.86 bits per heavy atom. The molecule has 1 amide bonds. The number of carbonyl (C=O) groups is 1. The summed E-state index contributed by atoms with van der Waals surface area (Å²) in [6.07, 6.45) is 1.66. The molecule has 5 nitrogen and oxygen atoms in total. The molecule has 0 unspecified atom stereocenters. The number of phenolic OH excluding ortho intramolecular Hbond substituents is 1. The molecule has 0 bridgehead atoms. The van der Waals surface area contributed by atoms with Crippen LogP contribution in [0.2, 0.25) is 0 Å². The van der Waals surface area contributed by atoms with Gasteiger partial charge in [0.05, 0.1) is 16.9 Å². The second-order valence-corrected chi connectivity index (χ2v) is 4.60. The van der Waals surface area contributed by atoms with Gasteiger partial charge >= 0.3 is 0 Å². The maximum Gasteiger partial charge on any atom is 0.255 e. The van der Waals surface area contributed by atoms with Crippen molar-refractivity contribution in [1.82, 2.24) is 4.98 Å². The number of rotatable bonds is 2. The third-order valence-electron chi connectivity index (χ3n) is 3.18. The second kappa shape index (κ2) is 5.13. The molecule has 104 valence electrons. The molecule has 0 radical (unpaired) electrons. The summed E-state index contributed by atoms with van der Waals surface area (Å²) in [5.74, 6) is -0.140. The van der Waals surface area contributed by atoms with Crippen LogP contribution in [0, 0.1) is 0 Å². The van der Waals surface area contributed by atoms with E-state index in [2.05, 4.69) is 10.3 Å². The highest BCUT2D eigenvalue weighted by atomic mass is 16.3. The van der Waals surface area contributed by atoms with Crippen molar-refractivity contribution in [1.29, 1.82) is 0 Å². The molecular formula is C16H13N3O2. The molecule has 0 aliphatic carbocycles. The highest BCUT2D eigenvalue weighted by Gasteiger charge is 2.10. The highest BCUT2D eigenvalue weighted by molar-refractivity contribution is 6.10. The molecule has 0 aliphatic rings. The molecule has 2 aromatic carbocycles. The minimum Gasteiger partial charge on any atom is -0.508 e. The summed E-state index contributed by atoms with van der Waals surface area (Å²) < 4.78 is 0. The van der Waals surface area contributed by atoms with Crippen LogP contribution in [0.15, 0.2) is 54.7 Å². The predicted molar refractivity (Wildman–Crippen MR) is 82.2 cm³/mol. The van der Waals surface area contributed by atoms with E-state index < -0.39 is 0 Å². The lowest BCUT2D eigenvalue weighted by Crippen LogP contribution is -2.12. The molecule has 0 aliphatic heterocycles. The van der Waals surface area contributed by atoms with Crippen molar-refractivity contribution in [3.05, 3.63) is 60.3 Å². The van der Waals surface area contributed by atoms with Crippen LogP contribution < -0.4 is 11.1 Å². The summed E-state index contributed by atoms with van der Waals surface area (Å²) in [6, 6.07) is 13.2. The van der Waals surface area contributed by atoms with Crippen LogP contribution in [-0.4, -0.2) is 16.0 Å².